The van der Waals surface area contributed by atoms with Crippen molar-refractivity contribution < 1.29 is 9.53 Å². The summed E-state index contributed by atoms with van der Waals surface area (Å²) < 4.78 is 5.63. The number of nitrogens with zero attached hydrogens (tertiary/aromatic N) is 1. The second-order valence-corrected chi connectivity index (χ2v) is 5.36. The van der Waals surface area contributed by atoms with E-state index in [0.717, 1.165) is 5.75 Å². The smallest absolute Gasteiger partial charge is 0.224 e. The van der Waals surface area contributed by atoms with Crippen molar-refractivity contribution in [1.82, 2.24) is 4.98 Å². The lowest BCUT2D eigenvalue weighted by atomic mass is 10.2. The highest BCUT2D eigenvalue weighted by Crippen LogP contribution is 2.20. The van der Waals surface area contributed by atoms with Crippen LogP contribution in [0.4, 0.5) is 5.69 Å². The number of aryl methyl sites for hydroxylation is 1. The molecule has 1 aromatic heterocycles. The first-order valence-electron chi connectivity index (χ1n) is 7.29. The fourth-order valence-corrected chi connectivity index (χ4v) is 1.82. The van der Waals surface area contributed by atoms with E-state index in [1.807, 2.05) is 38.1 Å². The Bertz CT molecular complexity index is 607. The maximum absolute atomic E-state index is 11.7. The van der Waals surface area contributed by atoms with Gasteiger partial charge in [0, 0.05) is 18.5 Å². The van der Waals surface area contributed by atoms with E-state index in [-0.39, 0.29) is 11.9 Å². The Hall–Kier alpha value is -2.40. The summed E-state index contributed by atoms with van der Waals surface area (Å²) in [5.41, 5.74) is 7.44. The number of rotatable bonds is 6. The van der Waals surface area contributed by atoms with Crippen LogP contribution < -0.4 is 15.8 Å². The van der Waals surface area contributed by atoms with E-state index in [2.05, 4.69) is 10.3 Å². The van der Waals surface area contributed by atoms with E-state index in [1.165, 1.54) is 5.56 Å². The van der Waals surface area contributed by atoms with Crippen LogP contribution in [0.3, 0.4) is 0 Å². The summed E-state index contributed by atoms with van der Waals surface area (Å²) in [6.45, 7) is 3.90. The normalized spacial score (nSPS) is 11.8. The minimum atomic E-state index is -0.0636. The van der Waals surface area contributed by atoms with Crippen LogP contribution in [-0.2, 0) is 4.79 Å². The van der Waals surface area contributed by atoms with Crippen LogP contribution in [0.15, 0.2) is 42.6 Å². The Kier molecular flexibility index (Phi) is 5.49. The number of hydrogen-bond donors (Lipinski definition) is 2. The van der Waals surface area contributed by atoms with Gasteiger partial charge in [-0.05, 0) is 38.5 Å². The molecular weight excluding hydrogens is 278 g/mol. The van der Waals surface area contributed by atoms with Crippen molar-refractivity contribution in [3.8, 4) is 11.6 Å². The fourth-order valence-electron chi connectivity index (χ4n) is 1.82. The molecule has 0 aliphatic carbocycles. The highest BCUT2D eigenvalue weighted by molar-refractivity contribution is 5.90. The second-order valence-electron chi connectivity index (χ2n) is 5.36. The van der Waals surface area contributed by atoms with Crippen LogP contribution in [0.1, 0.15) is 25.3 Å². The third-order valence-corrected chi connectivity index (χ3v) is 3.09. The Morgan fingerprint density at radius 1 is 1.27 bits per heavy atom. The molecule has 5 heteroatoms. The topological polar surface area (TPSA) is 77.2 Å². The van der Waals surface area contributed by atoms with E-state index in [0.29, 0.717) is 24.4 Å². The Labute approximate surface area is 130 Å². The van der Waals surface area contributed by atoms with E-state index < -0.39 is 0 Å². The summed E-state index contributed by atoms with van der Waals surface area (Å²) >= 11 is 0. The maximum atomic E-state index is 11.7. The van der Waals surface area contributed by atoms with Crippen molar-refractivity contribution in [2.75, 3.05) is 5.32 Å². The zero-order valence-corrected chi connectivity index (χ0v) is 12.9. The molecule has 1 unspecified atom stereocenters. The van der Waals surface area contributed by atoms with Crippen molar-refractivity contribution in [3.63, 3.8) is 0 Å². The third-order valence-electron chi connectivity index (χ3n) is 3.09. The van der Waals surface area contributed by atoms with E-state index in [1.54, 1.807) is 18.3 Å². The summed E-state index contributed by atoms with van der Waals surface area (Å²) in [6.07, 6.45) is 2.64. The third kappa shape index (κ3) is 5.18. The number of nitrogens with two attached hydrogens (primary N) is 1. The van der Waals surface area contributed by atoms with Gasteiger partial charge in [0.25, 0.3) is 0 Å². The average Bonchev–Trinajstić information content (AvgIpc) is 2.49. The number of nitrogens with one attached hydrogen (secondary N) is 1. The number of carbonyl (C=O) groups is 1. The molecule has 0 radical (unpaired) electrons. The predicted octanol–water partition coefficient (Wildman–Crippen LogP) is 3.25. The maximum Gasteiger partial charge on any atom is 0.224 e. The van der Waals surface area contributed by atoms with Gasteiger partial charge in [-0.2, -0.15) is 0 Å². The van der Waals surface area contributed by atoms with Crippen LogP contribution in [-0.4, -0.2) is 16.9 Å². The highest BCUT2D eigenvalue weighted by Gasteiger charge is 2.05. The summed E-state index contributed by atoms with van der Waals surface area (Å²) in [7, 11) is 0. The van der Waals surface area contributed by atoms with Gasteiger partial charge < -0.3 is 15.8 Å². The molecule has 1 heterocycles. The minimum Gasteiger partial charge on any atom is -0.439 e. The molecule has 0 saturated carbocycles. The molecule has 0 fully saturated rings. The van der Waals surface area contributed by atoms with E-state index in [4.69, 9.17) is 10.5 Å². The number of hydrogen-bond acceptors (Lipinski definition) is 4. The number of benzene rings is 1. The second kappa shape index (κ2) is 7.56. The molecule has 0 aliphatic rings. The van der Waals surface area contributed by atoms with Gasteiger partial charge in [-0.15, -0.1) is 0 Å². The zero-order valence-electron chi connectivity index (χ0n) is 12.9. The van der Waals surface area contributed by atoms with Gasteiger partial charge in [-0.3, -0.25) is 4.79 Å². The summed E-state index contributed by atoms with van der Waals surface area (Å²) in [6, 6.07) is 11.2. The van der Waals surface area contributed by atoms with Gasteiger partial charge in [0.2, 0.25) is 11.8 Å². The number of anilines is 1. The monoisotopic (exact) mass is 299 g/mol. The van der Waals surface area contributed by atoms with Crippen LogP contribution in [0, 0.1) is 6.92 Å². The lowest BCUT2D eigenvalue weighted by Gasteiger charge is -2.08. The molecule has 1 atom stereocenters. The number of aromatic nitrogens is 1. The lowest BCUT2D eigenvalue weighted by Crippen LogP contribution is -2.19. The van der Waals surface area contributed by atoms with Crippen molar-refractivity contribution in [3.05, 3.63) is 48.2 Å². The molecule has 1 aromatic carbocycles. The van der Waals surface area contributed by atoms with Crippen LogP contribution in [0.5, 0.6) is 11.6 Å². The first-order chi connectivity index (χ1) is 10.5. The van der Waals surface area contributed by atoms with Gasteiger partial charge in [0.15, 0.2) is 0 Å². The highest BCUT2D eigenvalue weighted by atomic mass is 16.5. The average molecular weight is 299 g/mol. The molecule has 2 rings (SSSR count). The van der Waals surface area contributed by atoms with Crippen LogP contribution in [0.2, 0.25) is 0 Å². The van der Waals surface area contributed by atoms with Gasteiger partial charge in [-0.25, -0.2) is 4.98 Å². The molecule has 1 amide bonds. The predicted molar refractivity (Wildman–Crippen MR) is 87.0 cm³/mol. The first-order valence-corrected chi connectivity index (χ1v) is 7.29. The SMILES string of the molecule is Cc1ccc(Oc2ccc(NC(=O)CCC(C)N)cn2)cc1. The molecule has 22 heavy (non-hydrogen) atoms. The standard InChI is InChI=1S/C17H21N3O2/c1-12-3-7-15(8-4-12)22-17-10-6-14(11-19-17)20-16(21)9-5-13(2)18/h3-4,6-8,10-11,13H,5,9,18H2,1-2H3,(H,20,21). The zero-order chi connectivity index (χ0) is 15.9. The largest absolute Gasteiger partial charge is 0.439 e. The Morgan fingerprint density at radius 2 is 2.00 bits per heavy atom. The number of ether oxygens (including phenoxy) is 1. The van der Waals surface area contributed by atoms with E-state index in [9.17, 15) is 4.79 Å². The quantitative estimate of drug-likeness (QED) is 0.858. The van der Waals surface area contributed by atoms with Gasteiger partial charge in [-0.1, -0.05) is 17.7 Å². The van der Waals surface area contributed by atoms with Crippen molar-refractivity contribution >= 4 is 11.6 Å². The molecule has 116 valence electrons. The van der Waals surface area contributed by atoms with E-state index >= 15 is 0 Å². The molecule has 3 N–H and O–H groups in total. The number of pyridine rings is 1. The summed E-state index contributed by atoms with van der Waals surface area (Å²) in [5, 5.41) is 2.78. The van der Waals surface area contributed by atoms with Gasteiger partial charge in [0.1, 0.15) is 5.75 Å². The van der Waals surface area contributed by atoms with Crippen molar-refractivity contribution in [2.24, 2.45) is 5.73 Å². The molecule has 0 bridgehead atoms. The molecule has 0 spiro atoms. The molecular formula is C17H21N3O2. The fraction of sp³-hybridized carbons (Fsp3) is 0.294. The van der Waals surface area contributed by atoms with Crippen LogP contribution >= 0.6 is 0 Å². The minimum absolute atomic E-state index is 0.0224. The number of carbonyl (C=O) groups excluding carboxylic acids is 1. The Morgan fingerprint density at radius 3 is 2.59 bits per heavy atom. The molecule has 2 aromatic rings. The molecule has 5 nitrogen and oxygen atoms in total. The summed E-state index contributed by atoms with van der Waals surface area (Å²) in [5.74, 6) is 1.15. The van der Waals surface area contributed by atoms with Crippen molar-refractivity contribution in [1.29, 1.82) is 0 Å². The van der Waals surface area contributed by atoms with Gasteiger partial charge >= 0.3 is 0 Å². The van der Waals surface area contributed by atoms with Crippen molar-refractivity contribution in [2.45, 2.75) is 32.7 Å². The summed E-state index contributed by atoms with van der Waals surface area (Å²) in [4.78, 5) is 15.9. The molecule has 0 saturated heterocycles. The lowest BCUT2D eigenvalue weighted by molar-refractivity contribution is -0.116. The number of amides is 1. The molecule has 0 aliphatic heterocycles. The Balaban J connectivity index is 1.90. The van der Waals surface area contributed by atoms with Crippen LogP contribution in [0.25, 0.3) is 0 Å². The van der Waals surface area contributed by atoms with Gasteiger partial charge in [0.05, 0.1) is 11.9 Å². The first kappa shape index (κ1) is 16.0.